The first-order chi connectivity index (χ1) is 12.1. The first-order valence-corrected chi connectivity index (χ1v) is 8.48. The fourth-order valence-electron chi connectivity index (χ4n) is 2.45. The molecule has 0 aliphatic rings. The van der Waals surface area contributed by atoms with Gasteiger partial charge in [0.1, 0.15) is 11.3 Å². The van der Waals surface area contributed by atoms with Crippen LogP contribution in [0, 0.1) is 5.82 Å². The zero-order valence-electron chi connectivity index (χ0n) is 13.8. The SMILES string of the molecule is COc1ccc(CCC(=O)Nc2nc3c(OC)cccc3s2)cc1F. The van der Waals surface area contributed by atoms with Crippen LogP contribution < -0.4 is 14.8 Å². The fraction of sp³-hybridized carbons (Fsp3) is 0.222. The highest BCUT2D eigenvalue weighted by molar-refractivity contribution is 7.22. The van der Waals surface area contributed by atoms with Crippen LogP contribution in [0.2, 0.25) is 0 Å². The number of carbonyl (C=O) groups is 1. The molecule has 0 saturated carbocycles. The predicted molar refractivity (Wildman–Crippen MR) is 96.1 cm³/mol. The second kappa shape index (κ2) is 7.48. The van der Waals surface area contributed by atoms with Crippen molar-refractivity contribution in [2.45, 2.75) is 12.8 Å². The number of halogens is 1. The van der Waals surface area contributed by atoms with Gasteiger partial charge in [0.2, 0.25) is 5.91 Å². The van der Waals surface area contributed by atoms with Gasteiger partial charge in [0, 0.05) is 6.42 Å². The van der Waals surface area contributed by atoms with E-state index in [-0.39, 0.29) is 18.1 Å². The summed E-state index contributed by atoms with van der Waals surface area (Å²) in [5, 5.41) is 3.30. The number of thiazole rings is 1. The molecule has 0 fully saturated rings. The molecule has 0 atom stereocenters. The van der Waals surface area contributed by atoms with Crippen molar-refractivity contribution >= 4 is 32.6 Å². The van der Waals surface area contributed by atoms with E-state index in [1.165, 1.54) is 24.5 Å². The molecule has 7 heteroatoms. The smallest absolute Gasteiger partial charge is 0.226 e. The number of aromatic nitrogens is 1. The third-order valence-electron chi connectivity index (χ3n) is 3.71. The van der Waals surface area contributed by atoms with E-state index in [2.05, 4.69) is 10.3 Å². The highest BCUT2D eigenvalue weighted by atomic mass is 32.1. The van der Waals surface area contributed by atoms with Gasteiger partial charge in [-0.2, -0.15) is 0 Å². The summed E-state index contributed by atoms with van der Waals surface area (Å²) in [5.41, 5.74) is 1.46. The van der Waals surface area contributed by atoms with Gasteiger partial charge in [0.05, 0.1) is 18.9 Å². The van der Waals surface area contributed by atoms with E-state index in [9.17, 15) is 9.18 Å². The van der Waals surface area contributed by atoms with Gasteiger partial charge in [-0.15, -0.1) is 0 Å². The molecule has 0 unspecified atom stereocenters. The number of fused-ring (bicyclic) bond motifs is 1. The van der Waals surface area contributed by atoms with Crippen LogP contribution in [0.4, 0.5) is 9.52 Å². The van der Waals surface area contributed by atoms with E-state index >= 15 is 0 Å². The average Bonchev–Trinajstić information content (AvgIpc) is 3.02. The Labute approximate surface area is 148 Å². The van der Waals surface area contributed by atoms with Crippen LogP contribution in [0.15, 0.2) is 36.4 Å². The summed E-state index contributed by atoms with van der Waals surface area (Å²) in [7, 11) is 3.00. The van der Waals surface area contributed by atoms with Gasteiger partial charge in [-0.1, -0.05) is 23.5 Å². The Kier molecular flexibility index (Phi) is 5.14. The molecule has 25 heavy (non-hydrogen) atoms. The molecule has 3 rings (SSSR count). The van der Waals surface area contributed by atoms with Crippen LogP contribution in [-0.2, 0) is 11.2 Å². The monoisotopic (exact) mass is 360 g/mol. The number of hydrogen-bond donors (Lipinski definition) is 1. The first kappa shape index (κ1) is 17.2. The molecule has 3 aromatic rings. The Balaban J connectivity index is 1.64. The number of anilines is 1. The van der Waals surface area contributed by atoms with Crippen molar-refractivity contribution in [3.63, 3.8) is 0 Å². The number of carbonyl (C=O) groups excluding carboxylic acids is 1. The number of hydrogen-bond acceptors (Lipinski definition) is 5. The van der Waals surface area contributed by atoms with Crippen molar-refractivity contribution in [1.29, 1.82) is 0 Å². The molecule has 1 aromatic heterocycles. The van der Waals surface area contributed by atoms with Crippen molar-refractivity contribution in [3.05, 3.63) is 47.8 Å². The summed E-state index contributed by atoms with van der Waals surface area (Å²) in [6.45, 7) is 0. The summed E-state index contributed by atoms with van der Waals surface area (Å²) in [6, 6.07) is 10.3. The van der Waals surface area contributed by atoms with Crippen molar-refractivity contribution < 1.29 is 18.7 Å². The molecule has 0 spiro atoms. The van der Waals surface area contributed by atoms with Crippen LogP contribution in [-0.4, -0.2) is 25.1 Å². The molecule has 2 aromatic carbocycles. The van der Waals surface area contributed by atoms with Crippen LogP contribution >= 0.6 is 11.3 Å². The average molecular weight is 360 g/mol. The molecule has 0 radical (unpaired) electrons. The van der Waals surface area contributed by atoms with Gasteiger partial charge in [0.25, 0.3) is 0 Å². The lowest BCUT2D eigenvalue weighted by Crippen LogP contribution is -2.12. The van der Waals surface area contributed by atoms with E-state index in [0.717, 1.165) is 15.8 Å². The van der Waals surface area contributed by atoms with Gasteiger partial charge in [-0.3, -0.25) is 4.79 Å². The maximum absolute atomic E-state index is 13.7. The van der Waals surface area contributed by atoms with Crippen molar-refractivity contribution in [2.75, 3.05) is 19.5 Å². The minimum Gasteiger partial charge on any atom is -0.494 e. The summed E-state index contributed by atoms with van der Waals surface area (Å²) >= 11 is 1.38. The van der Waals surface area contributed by atoms with E-state index in [1.54, 1.807) is 19.2 Å². The van der Waals surface area contributed by atoms with Crippen LogP contribution in [0.5, 0.6) is 11.5 Å². The zero-order valence-corrected chi connectivity index (χ0v) is 14.7. The maximum Gasteiger partial charge on any atom is 0.226 e. The standard InChI is InChI=1S/C18H17FN2O3S/c1-23-13-8-6-11(10-12(13)19)7-9-16(22)20-18-21-17-14(24-2)4-3-5-15(17)25-18/h3-6,8,10H,7,9H2,1-2H3,(H,20,21,22). The lowest BCUT2D eigenvalue weighted by atomic mass is 10.1. The molecular weight excluding hydrogens is 343 g/mol. The predicted octanol–water partition coefficient (Wildman–Crippen LogP) is 4.02. The molecule has 0 aliphatic carbocycles. The minimum atomic E-state index is -0.432. The number of ether oxygens (including phenoxy) is 2. The van der Waals surface area contributed by atoms with Crippen molar-refractivity contribution in [3.8, 4) is 11.5 Å². The molecule has 0 saturated heterocycles. The maximum atomic E-state index is 13.7. The van der Waals surface area contributed by atoms with Crippen LogP contribution in [0.3, 0.4) is 0 Å². The number of nitrogens with zero attached hydrogens (tertiary/aromatic N) is 1. The number of nitrogens with one attached hydrogen (secondary N) is 1. The van der Waals surface area contributed by atoms with Gasteiger partial charge in [-0.25, -0.2) is 9.37 Å². The number of benzene rings is 2. The Hall–Kier alpha value is -2.67. The Morgan fingerprint density at radius 2 is 2.00 bits per heavy atom. The van der Waals surface area contributed by atoms with E-state index in [1.807, 2.05) is 18.2 Å². The summed E-state index contributed by atoms with van der Waals surface area (Å²) in [4.78, 5) is 16.5. The second-order valence-corrected chi connectivity index (χ2v) is 6.37. The van der Waals surface area contributed by atoms with E-state index in [0.29, 0.717) is 17.3 Å². The molecular formula is C18H17FN2O3S. The zero-order chi connectivity index (χ0) is 17.8. The van der Waals surface area contributed by atoms with Crippen LogP contribution in [0.1, 0.15) is 12.0 Å². The lowest BCUT2D eigenvalue weighted by molar-refractivity contribution is -0.116. The number of para-hydroxylation sites is 1. The van der Waals surface area contributed by atoms with Gasteiger partial charge < -0.3 is 14.8 Å². The number of methoxy groups -OCH3 is 2. The Bertz CT molecular complexity index is 910. The summed E-state index contributed by atoms with van der Waals surface area (Å²) in [6.07, 6.45) is 0.666. The highest BCUT2D eigenvalue weighted by Crippen LogP contribution is 2.32. The molecule has 0 bridgehead atoms. The third-order valence-corrected chi connectivity index (χ3v) is 4.64. The molecule has 1 amide bonds. The van der Waals surface area contributed by atoms with Gasteiger partial charge in [0.15, 0.2) is 16.7 Å². The second-order valence-electron chi connectivity index (χ2n) is 5.34. The van der Waals surface area contributed by atoms with Crippen LogP contribution in [0.25, 0.3) is 10.2 Å². The molecule has 130 valence electrons. The van der Waals surface area contributed by atoms with Crippen molar-refractivity contribution in [1.82, 2.24) is 4.98 Å². The largest absolute Gasteiger partial charge is 0.494 e. The molecule has 1 N–H and O–H groups in total. The van der Waals surface area contributed by atoms with Gasteiger partial charge >= 0.3 is 0 Å². The van der Waals surface area contributed by atoms with E-state index in [4.69, 9.17) is 9.47 Å². The quantitative estimate of drug-likeness (QED) is 0.721. The molecule has 5 nitrogen and oxygen atoms in total. The molecule has 1 heterocycles. The Morgan fingerprint density at radius 1 is 1.20 bits per heavy atom. The number of rotatable bonds is 6. The minimum absolute atomic E-state index is 0.172. The summed E-state index contributed by atoms with van der Waals surface area (Å²) in [5.74, 6) is 0.257. The van der Waals surface area contributed by atoms with E-state index < -0.39 is 5.82 Å². The summed E-state index contributed by atoms with van der Waals surface area (Å²) < 4.78 is 24.8. The van der Waals surface area contributed by atoms with Gasteiger partial charge in [-0.05, 0) is 36.2 Å². The Morgan fingerprint density at radius 3 is 2.72 bits per heavy atom. The fourth-order valence-corrected chi connectivity index (χ4v) is 3.35. The normalized spacial score (nSPS) is 10.7. The van der Waals surface area contributed by atoms with Crippen molar-refractivity contribution in [2.24, 2.45) is 0 Å². The number of amides is 1. The highest BCUT2D eigenvalue weighted by Gasteiger charge is 2.11. The number of aryl methyl sites for hydroxylation is 1. The topological polar surface area (TPSA) is 60.5 Å². The first-order valence-electron chi connectivity index (χ1n) is 7.66. The lowest BCUT2D eigenvalue weighted by Gasteiger charge is -2.05. The third kappa shape index (κ3) is 3.88. The molecule has 0 aliphatic heterocycles.